The van der Waals surface area contributed by atoms with Gasteiger partial charge in [-0.05, 0) is 0 Å². The molecule has 0 aromatic rings. The van der Waals surface area contributed by atoms with E-state index in [1.807, 2.05) is 0 Å². The van der Waals surface area contributed by atoms with Gasteiger partial charge in [-0.3, -0.25) is 9.59 Å². The summed E-state index contributed by atoms with van der Waals surface area (Å²) < 4.78 is 0. The lowest BCUT2D eigenvalue weighted by atomic mass is 9.86. The molecule has 1 atom stereocenters. The maximum atomic E-state index is 12.1. The van der Waals surface area contributed by atoms with Crippen LogP contribution in [0.2, 0.25) is 0 Å². The fourth-order valence-electron chi connectivity index (χ4n) is 1.54. The van der Waals surface area contributed by atoms with Gasteiger partial charge in [0.2, 0.25) is 5.91 Å². The van der Waals surface area contributed by atoms with Gasteiger partial charge in [-0.25, -0.2) is 4.79 Å². The van der Waals surface area contributed by atoms with Crippen LogP contribution in [-0.4, -0.2) is 40.8 Å². The molecule has 110 valence electrons. The molecular weight excluding hydrogens is 246 g/mol. The van der Waals surface area contributed by atoms with Gasteiger partial charge in [0.05, 0.1) is 0 Å². The van der Waals surface area contributed by atoms with Crippen molar-refractivity contribution in [3.05, 3.63) is 0 Å². The van der Waals surface area contributed by atoms with E-state index in [0.717, 1.165) is 4.90 Å². The lowest BCUT2D eigenvalue weighted by Crippen LogP contribution is -2.48. The summed E-state index contributed by atoms with van der Waals surface area (Å²) in [5, 5.41) is 9.23. The van der Waals surface area contributed by atoms with E-state index in [9.17, 15) is 19.5 Å². The Morgan fingerprint density at radius 2 is 1.42 bits per heavy atom. The summed E-state index contributed by atoms with van der Waals surface area (Å²) in [7, 11) is 1.43. The lowest BCUT2D eigenvalue weighted by Gasteiger charge is -2.31. The van der Waals surface area contributed by atoms with Crippen molar-refractivity contribution in [1.82, 2.24) is 4.90 Å². The van der Waals surface area contributed by atoms with Crippen molar-refractivity contribution in [3.63, 3.8) is 0 Å². The van der Waals surface area contributed by atoms with Crippen LogP contribution in [0.4, 0.5) is 0 Å². The molecule has 0 radical (unpaired) electrons. The second kappa shape index (κ2) is 5.72. The molecule has 0 spiro atoms. The molecule has 1 amide bonds. The van der Waals surface area contributed by atoms with Gasteiger partial charge in [-0.1, -0.05) is 41.5 Å². The van der Waals surface area contributed by atoms with Crippen molar-refractivity contribution in [2.45, 2.75) is 54.0 Å². The molecule has 0 aromatic heterocycles. The fourth-order valence-corrected chi connectivity index (χ4v) is 1.54. The van der Waals surface area contributed by atoms with Crippen LogP contribution >= 0.6 is 0 Å². The highest BCUT2D eigenvalue weighted by atomic mass is 16.4. The fraction of sp³-hybridized carbons (Fsp3) is 0.786. The first-order valence-corrected chi connectivity index (χ1v) is 6.32. The second-order valence-corrected chi connectivity index (χ2v) is 6.90. The molecule has 0 bridgehead atoms. The number of hydrogen-bond donors (Lipinski definition) is 1. The Hall–Kier alpha value is -1.39. The predicted octanol–water partition coefficient (Wildman–Crippen LogP) is 1.95. The first kappa shape index (κ1) is 17.6. The molecule has 1 N–H and O–H groups in total. The van der Waals surface area contributed by atoms with Gasteiger partial charge in [0.15, 0.2) is 0 Å². The van der Waals surface area contributed by atoms with Crippen molar-refractivity contribution >= 4 is 17.7 Å². The zero-order chi connectivity index (χ0) is 15.6. The predicted molar refractivity (Wildman–Crippen MR) is 72.7 cm³/mol. The quantitative estimate of drug-likeness (QED) is 0.848. The molecule has 0 saturated heterocycles. The zero-order valence-corrected chi connectivity index (χ0v) is 12.9. The summed E-state index contributed by atoms with van der Waals surface area (Å²) in [5.74, 6) is -1.62. The number of amides is 1. The van der Waals surface area contributed by atoms with E-state index in [1.165, 1.54) is 7.05 Å². The van der Waals surface area contributed by atoms with Gasteiger partial charge in [0, 0.05) is 24.3 Å². The van der Waals surface area contributed by atoms with Gasteiger partial charge in [-0.15, -0.1) is 0 Å². The van der Waals surface area contributed by atoms with Crippen LogP contribution in [0.15, 0.2) is 0 Å². The third-order valence-electron chi connectivity index (χ3n) is 2.93. The monoisotopic (exact) mass is 271 g/mol. The molecule has 5 nitrogen and oxygen atoms in total. The van der Waals surface area contributed by atoms with Crippen molar-refractivity contribution in [3.8, 4) is 0 Å². The number of carboxylic acid groups (broad SMARTS) is 1. The third kappa shape index (κ3) is 5.01. The van der Waals surface area contributed by atoms with Crippen molar-refractivity contribution in [2.24, 2.45) is 10.8 Å². The molecule has 19 heavy (non-hydrogen) atoms. The van der Waals surface area contributed by atoms with Gasteiger partial charge >= 0.3 is 5.97 Å². The number of aliphatic carboxylic acids is 1. The molecule has 0 heterocycles. The molecule has 0 fully saturated rings. The molecule has 0 aliphatic rings. The van der Waals surface area contributed by atoms with E-state index < -0.39 is 22.8 Å². The van der Waals surface area contributed by atoms with E-state index >= 15 is 0 Å². The Labute approximate surface area is 115 Å². The van der Waals surface area contributed by atoms with E-state index in [1.54, 1.807) is 41.5 Å². The maximum Gasteiger partial charge on any atom is 0.326 e. The number of Topliss-reactive ketones (excluding diaryl/α,β-unsaturated/α-hetero) is 1. The number of ketones is 1. The molecule has 0 aliphatic heterocycles. The first-order chi connectivity index (χ1) is 8.28. The van der Waals surface area contributed by atoms with Crippen LogP contribution in [0.3, 0.4) is 0 Å². The number of carbonyl (C=O) groups excluding carboxylic acids is 2. The third-order valence-corrected chi connectivity index (χ3v) is 2.93. The molecular formula is C14H25NO4. The van der Waals surface area contributed by atoms with Crippen molar-refractivity contribution < 1.29 is 19.5 Å². The van der Waals surface area contributed by atoms with E-state index in [0.29, 0.717) is 0 Å². The van der Waals surface area contributed by atoms with Crippen molar-refractivity contribution in [1.29, 1.82) is 0 Å². The van der Waals surface area contributed by atoms with Crippen LogP contribution < -0.4 is 0 Å². The number of hydrogen-bond acceptors (Lipinski definition) is 3. The highest BCUT2D eigenvalue weighted by molar-refractivity contribution is 5.92. The minimum atomic E-state index is -1.15. The highest BCUT2D eigenvalue weighted by Gasteiger charge is 2.36. The van der Waals surface area contributed by atoms with Crippen LogP contribution in [0, 0.1) is 10.8 Å². The summed E-state index contributed by atoms with van der Waals surface area (Å²) in [6.07, 6.45) is -0.169. The smallest absolute Gasteiger partial charge is 0.326 e. The van der Waals surface area contributed by atoms with Crippen molar-refractivity contribution in [2.75, 3.05) is 7.05 Å². The number of nitrogens with zero attached hydrogens (tertiary/aromatic N) is 1. The number of likely N-dealkylation sites (N-methyl/N-ethyl adjacent to an activating group) is 1. The Balaban J connectivity index is 5.10. The summed E-state index contributed by atoms with van der Waals surface area (Å²) in [6, 6.07) is -1.11. The van der Waals surface area contributed by atoms with Crippen LogP contribution in [0.5, 0.6) is 0 Å². The van der Waals surface area contributed by atoms with E-state index in [-0.39, 0.29) is 18.1 Å². The molecule has 0 rings (SSSR count). The maximum absolute atomic E-state index is 12.1. The number of carbonyl (C=O) groups is 3. The largest absolute Gasteiger partial charge is 0.480 e. The second-order valence-electron chi connectivity index (χ2n) is 6.90. The molecule has 0 saturated carbocycles. The highest BCUT2D eigenvalue weighted by Crippen LogP contribution is 2.22. The lowest BCUT2D eigenvalue weighted by molar-refractivity contribution is -0.154. The van der Waals surface area contributed by atoms with E-state index in [4.69, 9.17) is 0 Å². The van der Waals surface area contributed by atoms with Crippen LogP contribution in [0.1, 0.15) is 48.0 Å². The average molecular weight is 271 g/mol. The van der Waals surface area contributed by atoms with Gasteiger partial charge < -0.3 is 10.0 Å². The standard InChI is InChI=1S/C14H25NO4/c1-13(2,3)10(16)8-9(11(17)18)15(7)12(19)14(4,5)6/h9H,8H2,1-7H3,(H,17,18). The SMILES string of the molecule is CN(C(=O)C(C)(C)C)C(CC(=O)C(C)(C)C)C(=O)O. The number of carboxylic acids is 1. The average Bonchev–Trinajstić information content (AvgIpc) is 2.20. The van der Waals surface area contributed by atoms with Gasteiger partial charge in [0.1, 0.15) is 11.8 Å². The first-order valence-electron chi connectivity index (χ1n) is 6.32. The summed E-state index contributed by atoms with van der Waals surface area (Å²) in [5.41, 5.74) is -1.29. The number of rotatable bonds is 4. The zero-order valence-electron chi connectivity index (χ0n) is 12.9. The Morgan fingerprint density at radius 3 is 1.68 bits per heavy atom. The Bertz CT molecular complexity index is 374. The summed E-state index contributed by atoms with van der Waals surface area (Å²) in [6.45, 7) is 10.4. The minimum Gasteiger partial charge on any atom is -0.480 e. The van der Waals surface area contributed by atoms with E-state index in [2.05, 4.69) is 0 Å². The summed E-state index contributed by atoms with van der Waals surface area (Å²) >= 11 is 0. The van der Waals surface area contributed by atoms with Gasteiger partial charge in [-0.2, -0.15) is 0 Å². The minimum absolute atomic E-state index is 0.169. The normalized spacial score (nSPS) is 13.8. The van der Waals surface area contributed by atoms with Crippen LogP contribution in [0.25, 0.3) is 0 Å². The topological polar surface area (TPSA) is 74.7 Å². The molecule has 0 aromatic carbocycles. The van der Waals surface area contributed by atoms with Gasteiger partial charge in [0.25, 0.3) is 0 Å². The van der Waals surface area contributed by atoms with Crippen LogP contribution in [-0.2, 0) is 14.4 Å². The molecule has 1 unspecified atom stereocenters. The summed E-state index contributed by atoms with van der Waals surface area (Å²) in [4.78, 5) is 36.5. The Kier molecular flexibility index (Phi) is 5.30. The molecule has 5 heteroatoms. The Morgan fingerprint density at radius 1 is 1.00 bits per heavy atom. The molecule has 0 aliphatic carbocycles.